The molecular formula is C48H34N2O2S. The van der Waals surface area contributed by atoms with Crippen LogP contribution in [0.3, 0.4) is 0 Å². The molecule has 4 nitrogen and oxygen atoms in total. The van der Waals surface area contributed by atoms with Gasteiger partial charge in [-0.15, -0.1) is 11.3 Å². The zero-order valence-corrected chi connectivity index (χ0v) is 29.7. The van der Waals surface area contributed by atoms with E-state index in [1.165, 1.54) is 32.9 Å². The van der Waals surface area contributed by atoms with Gasteiger partial charge in [0.2, 0.25) is 0 Å². The largest absolute Gasteiger partial charge is 0.485 e. The summed E-state index contributed by atoms with van der Waals surface area (Å²) in [6.45, 7) is 1.09. The Balaban J connectivity index is 1.10. The molecule has 0 radical (unpaired) electrons. The Morgan fingerprint density at radius 2 is 0.887 bits per heavy atom. The Morgan fingerprint density at radius 3 is 1.53 bits per heavy atom. The van der Waals surface area contributed by atoms with Crippen molar-refractivity contribution in [1.82, 2.24) is 4.57 Å². The standard InChI is InChI=1S/C48H34N2O2S/c1-4-12-33(13-5-1)34-20-24-38(25-21-34)49(40-28-29-44-42(32-40)41-18-10-11-19-43(41)50(44)37-16-8-3-9-17-37)39-26-22-36(23-27-39)48-46-45(51-30-31-52-46)47(53-48)35-14-6-2-7-15-35/h1-29,32H,30-31H2. The molecule has 10 rings (SSSR count). The Hall–Kier alpha value is -6.56. The van der Waals surface area contributed by atoms with Crippen LogP contribution in [-0.2, 0) is 0 Å². The third kappa shape index (κ3) is 5.54. The smallest absolute Gasteiger partial charge is 0.180 e. The highest BCUT2D eigenvalue weighted by Gasteiger charge is 2.26. The first-order valence-corrected chi connectivity index (χ1v) is 18.7. The summed E-state index contributed by atoms with van der Waals surface area (Å²) in [6, 6.07) is 64.8. The van der Waals surface area contributed by atoms with Crippen LogP contribution in [0.4, 0.5) is 17.1 Å². The van der Waals surface area contributed by atoms with Crippen molar-refractivity contribution in [3.8, 4) is 49.2 Å². The molecule has 0 saturated heterocycles. The second kappa shape index (κ2) is 13.2. The van der Waals surface area contributed by atoms with Gasteiger partial charge in [-0.1, -0.05) is 121 Å². The predicted molar refractivity (Wildman–Crippen MR) is 221 cm³/mol. The number of anilines is 3. The molecule has 1 aliphatic heterocycles. The van der Waals surface area contributed by atoms with Gasteiger partial charge in [0.25, 0.3) is 0 Å². The second-order valence-corrected chi connectivity index (χ2v) is 14.2. The third-order valence-electron chi connectivity index (χ3n) is 9.98. The summed E-state index contributed by atoms with van der Waals surface area (Å²) < 4.78 is 14.8. The summed E-state index contributed by atoms with van der Waals surface area (Å²) in [5, 5.41) is 2.43. The SMILES string of the molecule is c1ccc(-c2ccc(N(c3ccc(-c4sc(-c5ccccc5)c5c4OCCO5)cc3)c3ccc4c(c3)c3ccccc3n4-c3ccccc3)cc2)cc1. The van der Waals surface area contributed by atoms with E-state index in [1.807, 2.05) is 6.07 Å². The van der Waals surface area contributed by atoms with E-state index in [1.54, 1.807) is 11.3 Å². The van der Waals surface area contributed by atoms with Crippen LogP contribution >= 0.6 is 11.3 Å². The lowest BCUT2D eigenvalue weighted by molar-refractivity contribution is 0.175. The normalized spacial score (nSPS) is 12.3. The zero-order valence-electron chi connectivity index (χ0n) is 28.9. The van der Waals surface area contributed by atoms with E-state index in [0.29, 0.717) is 13.2 Å². The van der Waals surface area contributed by atoms with E-state index < -0.39 is 0 Å². The number of nitrogens with zero attached hydrogens (tertiary/aromatic N) is 2. The van der Waals surface area contributed by atoms with Crippen LogP contribution < -0.4 is 14.4 Å². The number of hydrogen-bond donors (Lipinski definition) is 0. The molecule has 9 aromatic rings. The van der Waals surface area contributed by atoms with Crippen LogP contribution in [0.15, 0.2) is 182 Å². The number of benzene rings is 7. The van der Waals surface area contributed by atoms with E-state index in [2.05, 4.69) is 185 Å². The molecule has 1 aliphatic rings. The highest BCUT2D eigenvalue weighted by Crippen LogP contribution is 2.54. The monoisotopic (exact) mass is 702 g/mol. The van der Waals surface area contributed by atoms with Crippen molar-refractivity contribution in [3.63, 3.8) is 0 Å². The molecule has 53 heavy (non-hydrogen) atoms. The van der Waals surface area contributed by atoms with Gasteiger partial charge in [-0.2, -0.15) is 0 Å². The molecule has 0 unspecified atom stereocenters. The molecule has 254 valence electrons. The summed E-state index contributed by atoms with van der Waals surface area (Å²) in [6.07, 6.45) is 0. The lowest BCUT2D eigenvalue weighted by Gasteiger charge is -2.26. The van der Waals surface area contributed by atoms with Crippen LogP contribution in [0.1, 0.15) is 0 Å². The Bertz CT molecular complexity index is 2700. The number of para-hydroxylation sites is 2. The Kier molecular flexibility index (Phi) is 7.77. The first-order valence-electron chi connectivity index (χ1n) is 17.9. The van der Waals surface area contributed by atoms with Crippen LogP contribution in [0, 0.1) is 0 Å². The minimum absolute atomic E-state index is 0.541. The van der Waals surface area contributed by atoms with Crippen molar-refractivity contribution in [3.05, 3.63) is 182 Å². The molecule has 7 aromatic carbocycles. The van der Waals surface area contributed by atoms with Crippen molar-refractivity contribution in [2.75, 3.05) is 18.1 Å². The van der Waals surface area contributed by atoms with Crippen LogP contribution in [-0.4, -0.2) is 17.8 Å². The maximum atomic E-state index is 6.26. The minimum Gasteiger partial charge on any atom is -0.485 e. The number of thiophene rings is 1. The fraction of sp³-hybridized carbons (Fsp3) is 0.0417. The van der Waals surface area contributed by atoms with Gasteiger partial charge in [0.1, 0.15) is 13.2 Å². The first-order chi connectivity index (χ1) is 26.3. The molecule has 0 amide bonds. The van der Waals surface area contributed by atoms with E-state index in [0.717, 1.165) is 55.1 Å². The van der Waals surface area contributed by atoms with E-state index in [-0.39, 0.29) is 0 Å². The molecule has 0 bridgehead atoms. The fourth-order valence-electron chi connectivity index (χ4n) is 7.52. The van der Waals surface area contributed by atoms with Crippen LogP contribution in [0.25, 0.3) is 59.5 Å². The quantitative estimate of drug-likeness (QED) is 0.165. The Labute approximate surface area is 312 Å². The van der Waals surface area contributed by atoms with Crippen molar-refractivity contribution in [2.45, 2.75) is 0 Å². The topological polar surface area (TPSA) is 26.6 Å². The molecule has 2 aromatic heterocycles. The fourth-order valence-corrected chi connectivity index (χ4v) is 8.72. The molecule has 0 spiro atoms. The van der Waals surface area contributed by atoms with Crippen LogP contribution in [0.5, 0.6) is 11.5 Å². The summed E-state index contributed by atoms with van der Waals surface area (Å²) in [4.78, 5) is 4.53. The molecule has 0 saturated carbocycles. The molecule has 0 N–H and O–H groups in total. The van der Waals surface area contributed by atoms with Gasteiger partial charge in [0.15, 0.2) is 11.5 Å². The minimum atomic E-state index is 0.541. The van der Waals surface area contributed by atoms with Gasteiger partial charge in [-0.25, -0.2) is 0 Å². The molecule has 0 fully saturated rings. The van der Waals surface area contributed by atoms with Crippen molar-refractivity contribution in [1.29, 1.82) is 0 Å². The molecule has 0 atom stereocenters. The van der Waals surface area contributed by atoms with E-state index >= 15 is 0 Å². The number of rotatable bonds is 7. The molecule has 5 heteroatoms. The number of fused-ring (bicyclic) bond motifs is 4. The van der Waals surface area contributed by atoms with Crippen molar-refractivity contribution >= 4 is 50.2 Å². The van der Waals surface area contributed by atoms with Gasteiger partial charge in [-0.3, -0.25) is 0 Å². The predicted octanol–water partition coefficient (Wildman–Crippen LogP) is 13.1. The van der Waals surface area contributed by atoms with Crippen molar-refractivity contribution in [2.24, 2.45) is 0 Å². The van der Waals surface area contributed by atoms with Gasteiger partial charge in [-0.05, 0) is 82.9 Å². The number of ether oxygens (including phenoxy) is 2. The molecule has 0 aliphatic carbocycles. The average Bonchev–Trinajstić information content (AvgIpc) is 3.79. The second-order valence-electron chi connectivity index (χ2n) is 13.2. The maximum Gasteiger partial charge on any atom is 0.180 e. The maximum absolute atomic E-state index is 6.26. The first kappa shape index (κ1) is 31.2. The summed E-state index contributed by atoms with van der Waals surface area (Å²) in [7, 11) is 0. The molecule has 3 heterocycles. The van der Waals surface area contributed by atoms with Gasteiger partial charge >= 0.3 is 0 Å². The zero-order chi connectivity index (χ0) is 35.1. The highest BCUT2D eigenvalue weighted by atomic mass is 32.1. The van der Waals surface area contributed by atoms with Crippen LogP contribution in [0.2, 0.25) is 0 Å². The lowest BCUT2D eigenvalue weighted by atomic mass is 10.0. The van der Waals surface area contributed by atoms with Gasteiger partial charge in [0.05, 0.1) is 20.8 Å². The Morgan fingerprint density at radius 1 is 0.415 bits per heavy atom. The lowest BCUT2D eigenvalue weighted by Crippen LogP contribution is -2.14. The number of aromatic nitrogens is 1. The summed E-state index contributed by atoms with van der Waals surface area (Å²) >= 11 is 1.73. The average molecular weight is 703 g/mol. The summed E-state index contributed by atoms with van der Waals surface area (Å²) in [5.41, 5.74) is 11.4. The highest BCUT2D eigenvalue weighted by molar-refractivity contribution is 7.19. The van der Waals surface area contributed by atoms with E-state index in [9.17, 15) is 0 Å². The van der Waals surface area contributed by atoms with Crippen molar-refractivity contribution < 1.29 is 9.47 Å². The van der Waals surface area contributed by atoms with Gasteiger partial charge in [0, 0.05) is 33.5 Å². The van der Waals surface area contributed by atoms with Gasteiger partial charge < -0.3 is 18.9 Å². The number of hydrogen-bond acceptors (Lipinski definition) is 4. The van der Waals surface area contributed by atoms with E-state index in [4.69, 9.17) is 9.47 Å². The third-order valence-corrected chi connectivity index (χ3v) is 11.2. The summed E-state index contributed by atoms with van der Waals surface area (Å²) in [5.74, 6) is 1.68. The molecular weight excluding hydrogens is 669 g/mol.